The van der Waals surface area contributed by atoms with Crippen LogP contribution in [0.5, 0.6) is 0 Å². The molecule has 0 aliphatic rings. The summed E-state index contributed by atoms with van der Waals surface area (Å²) in [5.74, 6) is -0.525. The lowest BCUT2D eigenvalue weighted by atomic mass is 10.2. The van der Waals surface area contributed by atoms with Gasteiger partial charge in [-0.1, -0.05) is 12.1 Å². The first-order chi connectivity index (χ1) is 7.74. The molecule has 0 saturated carbocycles. The summed E-state index contributed by atoms with van der Waals surface area (Å²) < 4.78 is 14.9. The van der Waals surface area contributed by atoms with Crippen molar-refractivity contribution in [1.82, 2.24) is 9.55 Å². The van der Waals surface area contributed by atoms with Crippen LogP contribution in [0, 0.1) is 5.82 Å². The van der Waals surface area contributed by atoms with E-state index in [0.717, 1.165) is 0 Å². The van der Waals surface area contributed by atoms with Crippen molar-refractivity contribution in [3.05, 3.63) is 53.4 Å². The minimum absolute atomic E-state index is 0.0501. The first kappa shape index (κ1) is 10.5. The zero-order valence-electron chi connectivity index (χ0n) is 8.69. The summed E-state index contributed by atoms with van der Waals surface area (Å²) in [6.45, 7) is 4.05. The van der Waals surface area contributed by atoms with E-state index in [1.807, 2.05) is 0 Å². The van der Waals surface area contributed by atoms with E-state index in [-0.39, 0.29) is 10.9 Å². The molecule has 16 heavy (non-hydrogen) atoms. The standard InChI is InChI=1S/C12H11FN2O/c1-2-3-7-15-8-14-10-6-4-5-9(13)11(10)12(15)16/h2,4-6,8H,1,3,7H2. The Balaban J connectivity index is 2.64. The summed E-state index contributed by atoms with van der Waals surface area (Å²) >= 11 is 0. The summed E-state index contributed by atoms with van der Waals surface area (Å²) in [4.78, 5) is 15.9. The van der Waals surface area contributed by atoms with Crippen molar-refractivity contribution < 1.29 is 4.39 Å². The fourth-order valence-corrected chi connectivity index (χ4v) is 1.55. The fourth-order valence-electron chi connectivity index (χ4n) is 1.55. The van der Waals surface area contributed by atoms with E-state index in [2.05, 4.69) is 11.6 Å². The Hall–Kier alpha value is -1.97. The van der Waals surface area contributed by atoms with Crippen LogP contribution in [-0.4, -0.2) is 9.55 Å². The van der Waals surface area contributed by atoms with E-state index in [0.29, 0.717) is 18.5 Å². The first-order valence-corrected chi connectivity index (χ1v) is 4.98. The molecular formula is C12H11FN2O. The number of fused-ring (bicyclic) bond motifs is 1. The van der Waals surface area contributed by atoms with Crippen LogP contribution in [0.25, 0.3) is 10.9 Å². The Labute approximate surface area is 91.9 Å². The van der Waals surface area contributed by atoms with Crippen LogP contribution in [0.15, 0.2) is 42.0 Å². The van der Waals surface area contributed by atoms with Crippen molar-refractivity contribution in [2.75, 3.05) is 0 Å². The van der Waals surface area contributed by atoms with Gasteiger partial charge in [0.15, 0.2) is 0 Å². The van der Waals surface area contributed by atoms with E-state index in [9.17, 15) is 9.18 Å². The molecule has 0 N–H and O–H groups in total. The highest BCUT2D eigenvalue weighted by Gasteiger charge is 2.07. The maximum Gasteiger partial charge on any atom is 0.264 e. The van der Waals surface area contributed by atoms with Gasteiger partial charge in [-0.2, -0.15) is 0 Å². The molecule has 1 heterocycles. The molecule has 4 heteroatoms. The monoisotopic (exact) mass is 218 g/mol. The third-order valence-electron chi connectivity index (χ3n) is 2.38. The predicted octanol–water partition coefficient (Wildman–Crippen LogP) is 2.11. The molecule has 2 rings (SSSR count). The van der Waals surface area contributed by atoms with Crippen molar-refractivity contribution in [1.29, 1.82) is 0 Å². The topological polar surface area (TPSA) is 34.9 Å². The summed E-state index contributed by atoms with van der Waals surface area (Å²) in [6.07, 6.45) is 3.80. The predicted molar refractivity (Wildman–Crippen MR) is 60.8 cm³/mol. The van der Waals surface area contributed by atoms with Gasteiger partial charge in [0.05, 0.1) is 11.8 Å². The van der Waals surface area contributed by atoms with Gasteiger partial charge >= 0.3 is 0 Å². The van der Waals surface area contributed by atoms with Crippen molar-refractivity contribution in [3.8, 4) is 0 Å². The average Bonchev–Trinajstić information content (AvgIpc) is 2.28. The molecule has 0 amide bonds. The second kappa shape index (κ2) is 4.26. The zero-order chi connectivity index (χ0) is 11.5. The smallest absolute Gasteiger partial charge is 0.264 e. The Kier molecular flexibility index (Phi) is 2.81. The highest BCUT2D eigenvalue weighted by atomic mass is 19.1. The maximum atomic E-state index is 13.5. The third kappa shape index (κ3) is 1.74. The SMILES string of the molecule is C=CCCn1cnc2cccc(F)c2c1=O. The van der Waals surface area contributed by atoms with Crippen molar-refractivity contribution >= 4 is 10.9 Å². The van der Waals surface area contributed by atoms with Crippen LogP contribution in [0.2, 0.25) is 0 Å². The number of hydrogen-bond acceptors (Lipinski definition) is 2. The van der Waals surface area contributed by atoms with Crippen LogP contribution >= 0.6 is 0 Å². The van der Waals surface area contributed by atoms with Gasteiger partial charge in [-0.15, -0.1) is 6.58 Å². The highest BCUT2D eigenvalue weighted by Crippen LogP contribution is 2.10. The van der Waals surface area contributed by atoms with Crippen molar-refractivity contribution in [2.24, 2.45) is 0 Å². The molecule has 3 nitrogen and oxygen atoms in total. The summed E-state index contributed by atoms with van der Waals surface area (Å²) in [5.41, 5.74) is 0.0461. The Morgan fingerprint density at radius 3 is 3.06 bits per heavy atom. The van der Waals surface area contributed by atoms with Gasteiger partial charge in [0.25, 0.3) is 5.56 Å². The largest absolute Gasteiger partial charge is 0.298 e. The molecule has 1 aromatic heterocycles. The maximum absolute atomic E-state index is 13.5. The van der Waals surface area contributed by atoms with Crippen LogP contribution in [-0.2, 0) is 6.54 Å². The molecule has 0 saturated heterocycles. The fraction of sp³-hybridized carbons (Fsp3) is 0.167. The average molecular weight is 218 g/mol. The quantitative estimate of drug-likeness (QED) is 0.739. The molecule has 1 aromatic carbocycles. The summed E-state index contributed by atoms with van der Waals surface area (Å²) in [6, 6.07) is 4.43. The molecule has 0 atom stereocenters. The molecule has 0 fully saturated rings. The van der Waals surface area contributed by atoms with Gasteiger partial charge in [0.1, 0.15) is 11.2 Å². The Bertz CT molecular complexity index is 589. The van der Waals surface area contributed by atoms with Crippen LogP contribution in [0.4, 0.5) is 4.39 Å². The summed E-state index contributed by atoms with van der Waals surface area (Å²) in [7, 11) is 0. The molecule has 0 unspecified atom stereocenters. The Morgan fingerprint density at radius 2 is 2.31 bits per heavy atom. The highest BCUT2D eigenvalue weighted by molar-refractivity contribution is 5.77. The van der Waals surface area contributed by atoms with Gasteiger partial charge in [0.2, 0.25) is 0 Å². The van der Waals surface area contributed by atoms with E-state index in [1.165, 1.54) is 23.0 Å². The van der Waals surface area contributed by atoms with Gasteiger partial charge in [-0.25, -0.2) is 9.37 Å². The number of rotatable bonds is 3. The van der Waals surface area contributed by atoms with E-state index in [1.54, 1.807) is 12.1 Å². The molecular weight excluding hydrogens is 207 g/mol. The van der Waals surface area contributed by atoms with Crippen molar-refractivity contribution in [3.63, 3.8) is 0 Å². The molecule has 2 aromatic rings. The third-order valence-corrected chi connectivity index (χ3v) is 2.38. The number of hydrogen-bond donors (Lipinski definition) is 0. The Morgan fingerprint density at radius 1 is 1.50 bits per heavy atom. The number of aromatic nitrogens is 2. The molecule has 0 aliphatic carbocycles. The molecule has 0 radical (unpaired) electrons. The number of allylic oxidation sites excluding steroid dienone is 1. The lowest BCUT2D eigenvalue weighted by Gasteiger charge is -2.04. The number of benzene rings is 1. The lowest BCUT2D eigenvalue weighted by Crippen LogP contribution is -2.21. The van der Waals surface area contributed by atoms with Gasteiger partial charge < -0.3 is 0 Å². The van der Waals surface area contributed by atoms with E-state index < -0.39 is 5.82 Å². The molecule has 82 valence electrons. The number of halogens is 1. The van der Waals surface area contributed by atoms with Gasteiger partial charge in [-0.3, -0.25) is 9.36 Å². The number of aryl methyl sites for hydroxylation is 1. The lowest BCUT2D eigenvalue weighted by molar-refractivity contribution is 0.628. The second-order valence-electron chi connectivity index (χ2n) is 3.45. The van der Waals surface area contributed by atoms with Gasteiger partial charge in [-0.05, 0) is 18.6 Å². The van der Waals surface area contributed by atoms with E-state index >= 15 is 0 Å². The first-order valence-electron chi connectivity index (χ1n) is 4.98. The summed E-state index contributed by atoms with van der Waals surface area (Å²) in [5, 5.41) is 0.0501. The van der Waals surface area contributed by atoms with Crippen LogP contribution in [0.3, 0.4) is 0 Å². The normalized spacial score (nSPS) is 10.6. The minimum atomic E-state index is -0.525. The molecule has 0 aliphatic heterocycles. The van der Waals surface area contributed by atoms with Crippen LogP contribution < -0.4 is 5.56 Å². The van der Waals surface area contributed by atoms with E-state index in [4.69, 9.17) is 0 Å². The van der Waals surface area contributed by atoms with Gasteiger partial charge in [0, 0.05) is 6.54 Å². The van der Waals surface area contributed by atoms with Crippen LogP contribution in [0.1, 0.15) is 6.42 Å². The molecule has 0 spiro atoms. The second-order valence-corrected chi connectivity index (χ2v) is 3.45. The minimum Gasteiger partial charge on any atom is -0.298 e. The zero-order valence-corrected chi connectivity index (χ0v) is 8.69. The number of nitrogens with zero attached hydrogens (tertiary/aromatic N) is 2. The van der Waals surface area contributed by atoms with Crippen molar-refractivity contribution in [2.45, 2.75) is 13.0 Å². The molecule has 0 bridgehead atoms.